The van der Waals surface area contributed by atoms with E-state index >= 15 is 0 Å². The zero-order valence-electron chi connectivity index (χ0n) is 25.9. The van der Waals surface area contributed by atoms with Crippen molar-refractivity contribution in [2.45, 2.75) is 43.7 Å². The Hall–Kier alpha value is -3.36. The second-order valence-electron chi connectivity index (χ2n) is 10.8. The van der Waals surface area contributed by atoms with E-state index in [4.69, 9.17) is 11.6 Å². The maximum Gasteiger partial charge on any atom is 0.332 e. The van der Waals surface area contributed by atoms with E-state index in [1.165, 1.54) is 25.1 Å². The minimum Gasteiger partial charge on any atom is -0.375 e. The van der Waals surface area contributed by atoms with E-state index in [1.54, 1.807) is 19.1 Å². The summed E-state index contributed by atoms with van der Waals surface area (Å²) in [6.45, 7) is 12.7. The summed E-state index contributed by atoms with van der Waals surface area (Å²) in [5.41, 5.74) is 3.00. The Morgan fingerprint density at radius 3 is 2.51 bits per heavy atom. The van der Waals surface area contributed by atoms with E-state index in [2.05, 4.69) is 32.1 Å². The minimum absolute atomic E-state index is 0.0277. The number of amides is 2. The minimum atomic E-state index is -4.06. The number of allylic oxidation sites excluding steroid dienone is 4. The van der Waals surface area contributed by atoms with Crippen LogP contribution in [0.15, 0.2) is 63.1 Å². The van der Waals surface area contributed by atoms with Crippen LogP contribution in [0.1, 0.15) is 49.0 Å². The molecular weight excluding hydrogens is 636 g/mol. The van der Waals surface area contributed by atoms with Gasteiger partial charge in [0.15, 0.2) is 5.78 Å². The molecule has 1 aromatic carbocycles. The molecule has 3 rings (SSSR count). The Kier molecular flexibility index (Phi) is 13.9. The molecular formula is C31H41ClN6O5S2. The highest BCUT2D eigenvalue weighted by Gasteiger charge is 2.20. The fourth-order valence-corrected chi connectivity index (χ4v) is 7.16. The standard InChI is InChI=1S/C31H41ClN6O5S2/c1-22(35-31(41)36-45(42,43)30-13-12-29(32)44-30)6-7-25(33-3)8-11-28(40)27-10-9-26(21-24(27)20-23(2)39)37(4)16-5-17-38-18-14-34-15-19-38/h6-7,9-10,12-13,21,34H,3,5,8,11,14-20H2,1-2,4H3,(H2,35,36,41)/b22-6+,25-7-. The van der Waals surface area contributed by atoms with Crippen LogP contribution in [0.5, 0.6) is 0 Å². The molecule has 0 radical (unpaired) electrons. The summed E-state index contributed by atoms with van der Waals surface area (Å²) >= 11 is 6.62. The molecule has 2 amide bonds. The third-order valence-corrected chi connectivity index (χ3v) is 10.2. The number of halogens is 1. The van der Waals surface area contributed by atoms with Gasteiger partial charge in [-0.05, 0) is 88.0 Å². The lowest BCUT2D eigenvalue weighted by molar-refractivity contribution is -0.116. The van der Waals surface area contributed by atoms with Crippen LogP contribution in [0.3, 0.4) is 0 Å². The number of sulfonamides is 1. The van der Waals surface area contributed by atoms with E-state index in [0.29, 0.717) is 22.5 Å². The van der Waals surface area contributed by atoms with Crippen LogP contribution in [0.25, 0.3) is 0 Å². The number of hydrogen-bond donors (Lipinski definition) is 3. The molecule has 1 aromatic heterocycles. The maximum absolute atomic E-state index is 13.3. The highest BCUT2D eigenvalue weighted by molar-refractivity contribution is 7.92. The van der Waals surface area contributed by atoms with Gasteiger partial charge in [-0.3, -0.25) is 14.6 Å². The van der Waals surface area contributed by atoms with Crippen molar-refractivity contribution in [2.75, 3.05) is 51.2 Å². The second-order valence-corrected chi connectivity index (χ2v) is 14.4. The van der Waals surface area contributed by atoms with Crippen LogP contribution in [-0.4, -0.2) is 83.9 Å². The van der Waals surface area contributed by atoms with Crippen molar-refractivity contribution in [3.8, 4) is 0 Å². The molecule has 0 aliphatic carbocycles. The van der Waals surface area contributed by atoms with Crippen LogP contribution in [0.2, 0.25) is 4.34 Å². The molecule has 14 heteroatoms. The Labute approximate surface area is 274 Å². The van der Waals surface area contributed by atoms with Gasteiger partial charge in [-0.1, -0.05) is 11.6 Å². The fraction of sp³-hybridized carbons (Fsp3) is 0.419. The number of thiophene rings is 1. The first-order chi connectivity index (χ1) is 21.4. The van der Waals surface area contributed by atoms with Gasteiger partial charge in [0.1, 0.15) is 9.99 Å². The summed E-state index contributed by atoms with van der Waals surface area (Å²) in [6.07, 6.45) is 4.73. The van der Waals surface area contributed by atoms with Crippen LogP contribution in [-0.2, 0) is 21.2 Å². The summed E-state index contributed by atoms with van der Waals surface area (Å²) in [5, 5.41) is 5.81. The van der Waals surface area contributed by atoms with Crippen LogP contribution >= 0.6 is 22.9 Å². The molecule has 0 atom stereocenters. The summed E-state index contributed by atoms with van der Waals surface area (Å²) in [5.74, 6) is -0.147. The predicted octanol–water partition coefficient (Wildman–Crippen LogP) is 4.40. The summed E-state index contributed by atoms with van der Waals surface area (Å²) in [4.78, 5) is 46.1. The Bertz CT molecular complexity index is 1550. The van der Waals surface area contributed by atoms with Gasteiger partial charge in [0, 0.05) is 75.3 Å². The van der Waals surface area contributed by atoms with Crippen molar-refractivity contribution in [1.82, 2.24) is 20.3 Å². The van der Waals surface area contributed by atoms with Crippen molar-refractivity contribution < 1.29 is 22.8 Å². The first kappa shape index (κ1) is 36.1. The monoisotopic (exact) mass is 676 g/mol. The van der Waals surface area contributed by atoms with Crippen molar-refractivity contribution in [2.24, 2.45) is 4.99 Å². The quantitative estimate of drug-likeness (QED) is 0.135. The zero-order chi connectivity index (χ0) is 33.0. The van der Waals surface area contributed by atoms with Crippen LogP contribution in [0, 0.1) is 0 Å². The van der Waals surface area contributed by atoms with Gasteiger partial charge in [-0.2, -0.15) is 0 Å². The molecule has 45 heavy (non-hydrogen) atoms. The van der Waals surface area contributed by atoms with Crippen molar-refractivity contribution in [3.05, 3.63) is 69.3 Å². The number of rotatable bonds is 16. The van der Waals surface area contributed by atoms with E-state index < -0.39 is 16.1 Å². The van der Waals surface area contributed by atoms with Gasteiger partial charge in [0.05, 0.1) is 4.34 Å². The predicted molar refractivity (Wildman–Crippen MR) is 181 cm³/mol. The molecule has 0 saturated carbocycles. The Balaban J connectivity index is 1.58. The van der Waals surface area contributed by atoms with Crippen LogP contribution in [0.4, 0.5) is 10.5 Å². The molecule has 0 unspecified atom stereocenters. The maximum atomic E-state index is 13.3. The third kappa shape index (κ3) is 11.8. The number of anilines is 1. The van der Waals surface area contributed by atoms with Gasteiger partial charge in [-0.15, -0.1) is 11.3 Å². The molecule has 0 spiro atoms. The number of piperazine rings is 1. The number of carbonyl (C=O) groups excluding carboxylic acids is 3. The zero-order valence-corrected chi connectivity index (χ0v) is 28.3. The molecule has 0 bridgehead atoms. The van der Waals surface area contributed by atoms with Gasteiger partial charge in [-0.25, -0.2) is 17.9 Å². The number of benzene rings is 1. The molecule has 2 heterocycles. The lowest BCUT2D eigenvalue weighted by atomic mass is 9.96. The molecule has 11 nitrogen and oxygen atoms in total. The number of nitrogens with one attached hydrogen (secondary N) is 3. The van der Waals surface area contributed by atoms with E-state index in [9.17, 15) is 22.8 Å². The largest absolute Gasteiger partial charge is 0.375 e. The number of ketones is 2. The highest BCUT2D eigenvalue weighted by Crippen LogP contribution is 2.25. The molecule has 1 saturated heterocycles. The van der Waals surface area contributed by atoms with E-state index in [0.717, 1.165) is 62.7 Å². The lowest BCUT2D eigenvalue weighted by Gasteiger charge is -2.28. The summed E-state index contributed by atoms with van der Waals surface area (Å²) in [6, 6.07) is 7.44. The van der Waals surface area contributed by atoms with Crippen LogP contribution < -0.4 is 20.3 Å². The number of Topliss-reactive ketones (excluding diaryl/α,β-unsaturated/α-hetero) is 2. The first-order valence-electron chi connectivity index (χ1n) is 14.6. The number of aliphatic imine (C=N–C) groups is 1. The average molecular weight is 677 g/mol. The Morgan fingerprint density at radius 2 is 1.87 bits per heavy atom. The molecule has 2 aromatic rings. The highest BCUT2D eigenvalue weighted by atomic mass is 35.5. The average Bonchev–Trinajstić information content (AvgIpc) is 3.44. The number of nitrogens with zero attached hydrogens (tertiary/aromatic N) is 3. The summed E-state index contributed by atoms with van der Waals surface area (Å²) in [7, 11) is -2.04. The van der Waals surface area contributed by atoms with Gasteiger partial charge in [0.25, 0.3) is 10.0 Å². The smallest absolute Gasteiger partial charge is 0.332 e. The third-order valence-electron chi connectivity index (χ3n) is 7.14. The first-order valence-corrected chi connectivity index (χ1v) is 17.3. The normalized spacial score (nSPS) is 14.6. The molecule has 244 valence electrons. The van der Waals surface area contributed by atoms with Crippen molar-refractivity contribution in [3.63, 3.8) is 0 Å². The van der Waals surface area contributed by atoms with Gasteiger partial charge in [0.2, 0.25) is 0 Å². The van der Waals surface area contributed by atoms with Gasteiger partial charge < -0.3 is 20.4 Å². The van der Waals surface area contributed by atoms with Crippen molar-refractivity contribution >= 4 is 63.0 Å². The van der Waals surface area contributed by atoms with E-state index in [1.807, 2.05) is 23.9 Å². The topological polar surface area (TPSA) is 140 Å². The molecule has 1 aliphatic heterocycles. The number of hydrogen-bond acceptors (Lipinski definition) is 10. The fourth-order valence-electron chi connectivity index (χ4n) is 4.77. The Morgan fingerprint density at radius 1 is 1.13 bits per heavy atom. The number of carbonyl (C=O) groups is 3. The lowest BCUT2D eigenvalue weighted by Crippen LogP contribution is -2.44. The van der Waals surface area contributed by atoms with Gasteiger partial charge >= 0.3 is 6.03 Å². The summed E-state index contributed by atoms with van der Waals surface area (Å²) < 4.78 is 26.8. The molecule has 1 aliphatic rings. The second kappa shape index (κ2) is 17.4. The number of urea groups is 1. The molecule has 3 N–H and O–H groups in total. The van der Waals surface area contributed by atoms with E-state index in [-0.39, 0.29) is 39.4 Å². The van der Waals surface area contributed by atoms with Crippen molar-refractivity contribution in [1.29, 1.82) is 0 Å². The molecule has 1 fully saturated rings. The SMILES string of the molecule is C=N/C(=C\C=C(/C)NC(=O)NS(=O)(=O)c1ccc(Cl)s1)CCC(=O)c1ccc(N(C)CCCN2CCNCC2)cc1CC(C)=O.